The molecule has 0 spiro atoms. The van der Waals surface area contributed by atoms with Gasteiger partial charge in [0.25, 0.3) is 0 Å². The van der Waals surface area contributed by atoms with Gasteiger partial charge in [0.05, 0.1) is 12.5 Å². The fraction of sp³-hybridized carbons (Fsp3) is 0.636. The van der Waals surface area contributed by atoms with Crippen molar-refractivity contribution in [1.29, 1.82) is 0 Å². The molecule has 3 nitrogen and oxygen atoms in total. The van der Waals surface area contributed by atoms with Gasteiger partial charge in [0.1, 0.15) is 0 Å². The van der Waals surface area contributed by atoms with E-state index in [4.69, 9.17) is 4.74 Å². The lowest BCUT2D eigenvalue weighted by Crippen LogP contribution is -2.35. The van der Waals surface area contributed by atoms with Crippen LogP contribution in [0.5, 0.6) is 0 Å². The van der Waals surface area contributed by atoms with Crippen LogP contribution in [-0.4, -0.2) is 18.9 Å². The molecule has 0 aliphatic heterocycles. The summed E-state index contributed by atoms with van der Waals surface area (Å²) in [5.41, 5.74) is 0.956. The topological polar surface area (TPSA) is 43.4 Å². The third kappa shape index (κ3) is 1.47. The lowest BCUT2D eigenvalue weighted by Gasteiger charge is -2.32. The van der Waals surface area contributed by atoms with E-state index in [0.717, 1.165) is 5.57 Å². The Kier molecular flexibility index (Phi) is 2.79. The van der Waals surface area contributed by atoms with Gasteiger partial charge < -0.3 is 4.74 Å². The van der Waals surface area contributed by atoms with Crippen LogP contribution in [0.1, 0.15) is 33.6 Å². The second kappa shape index (κ2) is 3.56. The fourth-order valence-electron chi connectivity index (χ4n) is 1.84. The summed E-state index contributed by atoms with van der Waals surface area (Å²) in [7, 11) is 1.38. The minimum absolute atomic E-state index is 0.142. The van der Waals surface area contributed by atoms with Crippen LogP contribution in [0.15, 0.2) is 11.1 Å². The van der Waals surface area contributed by atoms with Crippen molar-refractivity contribution in [3.8, 4) is 0 Å². The zero-order valence-electron chi connectivity index (χ0n) is 9.14. The highest BCUT2D eigenvalue weighted by Crippen LogP contribution is 2.39. The molecule has 0 aromatic heterocycles. The molecule has 0 radical (unpaired) electrons. The molecule has 0 aromatic rings. The Hall–Kier alpha value is -1.12. The van der Waals surface area contributed by atoms with Crippen molar-refractivity contribution >= 4 is 11.8 Å². The van der Waals surface area contributed by atoms with Crippen LogP contribution in [-0.2, 0) is 14.3 Å². The van der Waals surface area contributed by atoms with E-state index in [1.54, 1.807) is 6.92 Å². The lowest BCUT2D eigenvalue weighted by molar-refractivity contribution is -0.150. The summed E-state index contributed by atoms with van der Waals surface area (Å²) in [5, 5.41) is 0. The molecule has 1 atom stereocenters. The smallest absolute Gasteiger partial charge is 0.315 e. The second-order valence-corrected chi connectivity index (χ2v) is 4.00. The maximum atomic E-state index is 11.6. The van der Waals surface area contributed by atoms with E-state index in [9.17, 15) is 9.59 Å². The molecule has 1 aliphatic carbocycles. The first-order valence-electron chi connectivity index (χ1n) is 4.73. The number of rotatable bonds is 1. The highest BCUT2D eigenvalue weighted by Gasteiger charge is 2.41. The number of carbonyl (C=O) groups excluding carboxylic acids is 2. The molecule has 0 saturated carbocycles. The van der Waals surface area contributed by atoms with E-state index in [1.165, 1.54) is 7.11 Å². The number of ether oxygens (including phenoxy) is 1. The molecule has 0 unspecified atom stereocenters. The molecule has 3 heteroatoms. The molecule has 1 aliphatic rings. The maximum Gasteiger partial charge on any atom is 0.315 e. The highest BCUT2D eigenvalue weighted by atomic mass is 16.5. The zero-order valence-corrected chi connectivity index (χ0v) is 9.14. The Balaban J connectivity index is 3.14. The fourth-order valence-corrected chi connectivity index (χ4v) is 1.84. The van der Waals surface area contributed by atoms with Crippen LogP contribution in [0.3, 0.4) is 0 Å². The molecule has 0 aromatic carbocycles. The monoisotopic (exact) mass is 196 g/mol. The van der Waals surface area contributed by atoms with E-state index in [-0.39, 0.29) is 11.8 Å². The van der Waals surface area contributed by atoms with E-state index in [2.05, 4.69) is 0 Å². The zero-order chi connectivity index (χ0) is 10.9. The van der Waals surface area contributed by atoms with Crippen LogP contribution < -0.4 is 0 Å². The van der Waals surface area contributed by atoms with Crippen LogP contribution in [0.4, 0.5) is 0 Å². The Bertz CT molecular complexity index is 314. The largest absolute Gasteiger partial charge is 0.468 e. The van der Waals surface area contributed by atoms with Crippen molar-refractivity contribution in [3.63, 3.8) is 0 Å². The second-order valence-electron chi connectivity index (χ2n) is 4.00. The lowest BCUT2D eigenvalue weighted by atomic mass is 9.71. The average Bonchev–Trinajstić information content (AvgIpc) is 2.19. The van der Waals surface area contributed by atoms with Crippen molar-refractivity contribution in [2.24, 2.45) is 5.41 Å². The molecule has 0 saturated heterocycles. The molecular weight excluding hydrogens is 180 g/mol. The van der Waals surface area contributed by atoms with Gasteiger partial charge >= 0.3 is 5.97 Å². The molecule has 0 amide bonds. The van der Waals surface area contributed by atoms with Gasteiger partial charge in [-0.05, 0) is 38.3 Å². The minimum Gasteiger partial charge on any atom is -0.468 e. The van der Waals surface area contributed by atoms with Crippen LogP contribution in [0.2, 0.25) is 0 Å². The van der Waals surface area contributed by atoms with Gasteiger partial charge in [-0.1, -0.05) is 0 Å². The van der Waals surface area contributed by atoms with Crippen molar-refractivity contribution in [2.45, 2.75) is 33.6 Å². The molecule has 78 valence electrons. The van der Waals surface area contributed by atoms with E-state index in [1.807, 2.05) is 13.8 Å². The molecule has 14 heavy (non-hydrogen) atoms. The predicted molar refractivity (Wildman–Crippen MR) is 52.7 cm³/mol. The van der Waals surface area contributed by atoms with Gasteiger partial charge in [-0.3, -0.25) is 9.59 Å². The summed E-state index contributed by atoms with van der Waals surface area (Å²) in [6.07, 6.45) is 0.996. The van der Waals surface area contributed by atoms with Crippen molar-refractivity contribution < 1.29 is 14.3 Å². The molecule has 0 bridgehead atoms. The maximum absolute atomic E-state index is 11.6. The minimum atomic E-state index is -0.604. The summed E-state index contributed by atoms with van der Waals surface area (Å²) in [6.45, 7) is 5.45. The first-order chi connectivity index (χ1) is 6.43. The average molecular weight is 196 g/mol. The SMILES string of the molecule is COC(=O)[C@]1(C)CCC(=O)C(C)=C1C. The van der Waals surface area contributed by atoms with Crippen molar-refractivity contribution in [1.82, 2.24) is 0 Å². The molecule has 0 N–H and O–H groups in total. The number of allylic oxidation sites excluding steroid dienone is 1. The number of ketones is 1. The molecule has 0 heterocycles. The summed E-state index contributed by atoms with van der Waals surface area (Å²) < 4.78 is 4.76. The third-order valence-corrected chi connectivity index (χ3v) is 3.30. The number of esters is 1. The summed E-state index contributed by atoms with van der Waals surface area (Å²) in [6, 6.07) is 0. The highest BCUT2D eigenvalue weighted by molar-refractivity contribution is 5.99. The van der Waals surface area contributed by atoms with Gasteiger partial charge in [-0.2, -0.15) is 0 Å². The van der Waals surface area contributed by atoms with Gasteiger partial charge in [-0.15, -0.1) is 0 Å². The van der Waals surface area contributed by atoms with Crippen LogP contribution >= 0.6 is 0 Å². The Morgan fingerprint density at radius 3 is 2.50 bits per heavy atom. The van der Waals surface area contributed by atoms with Crippen molar-refractivity contribution in [2.75, 3.05) is 7.11 Å². The predicted octanol–water partition coefficient (Wildman–Crippen LogP) is 1.86. The number of carbonyl (C=O) groups is 2. The van der Waals surface area contributed by atoms with E-state index in [0.29, 0.717) is 18.4 Å². The third-order valence-electron chi connectivity index (χ3n) is 3.30. The number of hydrogen-bond acceptors (Lipinski definition) is 3. The quantitative estimate of drug-likeness (QED) is 0.601. The van der Waals surface area contributed by atoms with Gasteiger partial charge in [0, 0.05) is 6.42 Å². The van der Waals surface area contributed by atoms with Gasteiger partial charge in [0.2, 0.25) is 0 Å². The summed E-state index contributed by atoms with van der Waals surface area (Å²) in [5.74, 6) is -0.106. The Morgan fingerprint density at radius 2 is 2.00 bits per heavy atom. The molecule has 0 fully saturated rings. The number of hydrogen-bond donors (Lipinski definition) is 0. The normalized spacial score (nSPS) is 27.9. The first kappa shape index (κ1) is 11.0. The summed E-state index contributed by atoms with van der Waals surface area (Å²) in [4.78, 5) is 23.0. The molecule has 1 rings (SSSR count). The van der Waals surface area contributed by atoms with Crippen LogP contribution in [0, 0.1) is 5.41 Å². The molecular formula is C11H16O3. The summed E-state index contributed by atoms with van der Waals surface area (Å²) >= 11 is 0. The first-order valence-corrected chi connectivity index (χ1v) is 4.73. The number of Topliss-reactive ketones (excluding diaryl/α,β-unsaturated/α-hetero) is 1. The Morgan fingerprint density at radius 1 is 1.43 bits per heavy atom. The van der Waals surface area contributed by atoms with Gasteiger partial charge in [-0.25, -0.2) is 0 Å². The van der Waals surface area contributed by atoms with E-state index >= 15 is 0 Å². The Labute approximate surface area is 84.1 Å². The van der Waals surface area contributed by atoms with Crippen molar-refractivity contribution in [3.05, 3.63) is 11.1 Å². The standard InChI is InChI=1S/C11H16O3/c1-7-8(2)11(3,10(13)14-4)6-5-9(7)12/h5-6H2,1-4H3/t11-/m1/s1. The van der Waals surface area contributed by atoms with Crippen LogP contribution in [0.25, 0.3) is 0 Å². The van der Waals surface area contributed by atoms with Gasteiger partial charge in [0.15, 0.2) is 5.78 Å². The number of methoxy groups -OCH3 is 1. The van der Waals surface area contributed by atoms with E-state index < -0.39 is 5.41 Å².